The van der Waals surface area contributed by atoms with E-state index in [4.69, 9.17) is 23.2 Å². The van der Waals surface area contributed by atoms with Gasteiger partial charge in [0.2, 0.25) is 0 Å². The molecule has 0 aliphatic heterocycles. The minimum atomic E-state index is -0.570. The van der Waals surface area contributed by atoms with Crippen LogP contribution in [0.4, 0.5) is 5.69 Å². The van der Waals surface area contributed by atoms with Crippen LogP contribution in [-0.2, 0) is 4.79 Å². The van der Waals surface area contributed by atoms with Crippen LogP contribution in [0.2, 0.25) is 10.0 Å². The molecule has 3 nitrogen and oxygen atoms in total. The van der Waals surface area contributed by atoms with Crippen LogP contribution in [0.1, 0.15) is 5.56 Å². The Balaban J connectivity index is 1.82. The topological polar surface area (TPSA) is 52.9 Å². The number of hydrogen-bond acceptors (Lipinski definition) is 2. The molecule has 0 fully saturated rings. The summed E-state index contributed by atoms with van der Waals surface area (Å²) in [5.74, 6) is -0.570. The number of carbonyl (C=O) groups is 1. The highest BCUT2D eigenvalue weighted by Gasteiger charge is 2.13. The van der Waals surface area contributed by atoms with Gasteiger partial charge in [-0.1, -0.05) is 83.9 Å². The summed E-state index contributed by atoms with van der Waals surface area (Å²) in [5, 5.41) is 12.6. The van der Waals surface area contributed by atoms with E-state index in [0.29, 0.717) is 10.0 Å². The summed E-state index contributed by atoms with van der Waals surface area (Å²) in [5.41, 5.74) is 3.13. The first-order chi connectivity index (χ1) is 13.1. The first-order valence-corrected chi connectivity index (χ1v) is 8.87. The second-order valence-corrected chi connectivity index (χ2v) is 6.52. The van der Waals surface area contributed by atoms with Crippen molar-refractivity contribution in [2.45, 2.75) is 0 Å². The maximum atomic E-state index is 12.4. The predicted molar refractivity (Wildman–Crippen MR) is 111 cm³/mol. The van der Waals surface area contributed by atoms with Gasteiger partial charge in [-0.25, -0.2) is 0 Å². The molecular formula is C22H14Cl2N2O. The van der Waals surface area contributed by atoms with E-state index in [1.165, 1.54) is 6.08 Å². The molecule has 0 radical (unpaired) electrons. The molecule has 3 aromatic carbocycles. The number of nitrogens with zero attached hydrogens (tertiary/aromatic N) is 1. The van der Waals surface area contributed by atoms with E-state index in [9.17, 15) is 10.1 Å². The molecule has 0 unspecified atom stereocenters. The average molecular weight is 393 g/mol. The van der Waals surface area contributed by atoms with Gasteiger partial charge in [-0.05, 0) is 34.9 Å². The second-order valence-electron chi connectivity index (χ2n) is 5.71. The number of nitrogens with one attached hydrogen (secondary N) is 1. The highest BCUT2D eigenvalue weighted by molar-refractivity contribution is 6.40. The van der Waals surface area contributed by atoms with Crippen LogP contribution in [0, 0.1) is 11.3 Å². The number of hydrogen-bond donors (Lipinski definition) is 1. The zero-order chi connectivity index (χ0) is 19.2. The summed E-state index contributed by atoms with van der Waals surface area (Å²) in [4.78, 5) is 12.4. The minimum absolute atomic E-state index is 0.0431. The Bertz CT molecular complexity index is 1020. The fraction of sp³-hybridized carbons (Fsp3) is 0. The molecule has 0 saturated carbocycles. The summed E-state index contributed by atoms with van der Waals surface area (Å²) < 4.78 is 0. The Kier molecular flexibility index (Phi) is 5.93. The molecule has 0 aliphatic carbocycles. The van der Waals surface area contributed by atoms with Gasteiger partial charge in [0.15, 0.2) is 0 Å². The predicted octanol–water partition coefficient (Wildman–Crippen LogP) is 6.21. The molecule has 132 valence electrons. The Hall–Kier alpha value is -3.06. The fourth-order valence-electron chi connectivity index (χ4n) is 2.52. The van der Waals surface area contributed by atoms with Gasteiger partial charge in [0.25, 0.3) is 5.91 Å². The van der Waals surface area contributed by atoms with Crippen molar-refractivity contribution in [3.05, 3.63) is 94.0 Å². The lowest BCUT2D eigenvalue weighted by Crippen LogP contribution is -2.14. The normalized spacial score (nSPS) is 10.9. The van der Waals surface area contributed by atoms with Crippen molar-refractivity contribution in [2.24, 2.45) is 0 Å². The van der Waals surface area contributed by atoms with Gasteiger partial charge in [0.1, 0.15) is 11.6 Å². The largest absolute Gasteiger partial charge is 0.319 e. The number of anilines is 1. The number of halogens is 2. The molecule has 1 N–H and O–H groups in total. The highest BCUT2D eigenvalue weighted by atomic mass is 35.5. The number of carbonyl (C=O) groups excluding carboxylic acids is 1. The molecule has 0 spiro atoms. The van der Waals surface area contributed by atoms with Crippen molar-refractivity contribution in [3.63, 3.8) is 0 Å². The van der Waals surface area contributed by atoms with Crippen molar-refractivity contribution >= 4 is 40.9 Å². The van der Waals surface area contributed by atoms with Gasteiger partial charge in [-0.3, -0.25) is 4.79 Å². The molecule has 0 heterocycles. The van der Waals surface area contributed by atoms with E-state index < -0.39 is 5.91 Å². The Morgan fingerprint density at radius 3 is 2.04 bits per heavy atom. The average Bonchev–Trinajstić information content (AvgIpc) is 2.70. The maximum absolute atomic E-state index is 12.4. The maximum Gasteiger partial charge on any atom is 0.266 e. The molecule has 3 aromatic rings. The Morgan fingerprint density at radius 2 is 1.44 bits per heavy atom. The molecule has 0 atom stereocenters. The molecule has 27 heavy (non-hydrogen) atoms. The van der Waals surface area contributed by atoms with Crippen LogP contribution in [-0.4, -0.2) is 5.91 Å². The van der Waals surface area contributed by atoms with E-state index in [-0.39, 0.29) is 11.3 Å². The van der Waals surface area contributed by atoms with Gasteiger partial charge < -0.3 is 5.32 Å². The molecule has 5 heteroatoms. The third kappa shape index (κ3) is 4.57. The van der Waals surface area contributed by atoms with Gasteiger partial charge in [-0.2, -0.15) is 5.26 Å². The lowest BCUT2D eigenvalue weighted by molar-refractivity contribution is -0.112. The zero-order valence-corrected chi connectivity index (χ0v) is 15.6. The van der Waals surface area contributed by atoms with Crippen LogP contribution in [0.15, 0.2) is 78.4 Å². The zero-order valence-electron chi connectivity index (χ0n) is 14.1. The van der Waals surface area contributed by atoms with Crippen LogP contribution >= 0.6 is 23.2 Å². The summed E-state index contributed by atoms with van der Waals surface area (Å²) >= 11 is 12.1. The van der Waals surface area contributed by atoms with Crippen LogP contribution in [0.25, 0.3) is 17.2 Å². The van der Waals surface area contributed by atoms with Crippen molar-refractivity contribution in [1.29, 1.82) is 5.26 Å². The third-order valence-electron chi connectivity index (χ3n) is 3.90. The first-order valence-electron chi connectivity index (χ1n) is 8.11. The standard InChI is InChI=1S/C22H14Cl2N2O/c23-19-7-4-8-20(24)21(19)26-22(27)18(14-25)13-15-9-11-17(12-10-15)16-5-2-1-3-6-16/h1-13H,(H,26,27). The van der Waals surface area contributed by atoms with Crippen LogP contribution < -0.4 is 5.32 Å². The molecule has 0 aromatic heterocycles. The highest BCUT2D eigenvalue weighted by Crippen LogP contribution is 2.30. The summed E-state index contributed by atoms with van der Waals surface area (Å²) in [6.07, 6.45) is 1.52. The number of para-hydroxylation sites is 1. The second kappa shape index (κ2) is 8.55. The summed E-state index contributed by atoms with van der Waals surface area (Å²) in [6.45, 7) is 0. The number of benzene rings is 3. The molecule has 1 amide bonds. The van der Waals surface area contributed by atoms with E-state index in [1.54, 1.807) is 18.2 Å². The third-order valence-corrected chi connectivity index (χ3v) is 4.53. The molecule has 0 bridgehead atoms. The minimum Gasteiger partial charge on any atom is -0.319 e. The lowest BCUT2D eigenvalue weighted by Gasteiger charge is -2.08. The molecule has 3 rings (SSSR count). The number of rotatable bonds is 4. The van der Waals surface area contributed by atoms with Gasteiger partial charge >= 0.3 is 0 Å². The van der Waals surface area contributed by atoms with Crippen molar-refractivity contribution in [2.75, 3.05) is 5.32 Å². The number of amides is 1. The monoisotopic (exact) mass is 392 g/mol. The van der Waals surface area contributed by atoms with E-state index in [0.717, 1.165) is 16.7 Å². The summed E-state index contributed by atoms with van der Waals surface area (Å²) in [7, 11) is 0. The molecule has 0 saturated heterocycles. The van der Waals surface area contributed by atoms with Crippen LogP contribution in [0.3, 0.4) is 0 Å². The Labute approximate surface area is 167 Å². The van der Waals surface area contributed by atoms with E-state index >= 15 is 0 Å². The number of nitriles is 1. The lowest BCUT2D eigenvalue weighted by atomic mass is 10.0. The van der Waals surface area contributed by atoms with Gasteiger partial charge in [0, 0.05) is 0 Å². The smallest absolute Gasteiger partial charge is 0.266 e. The first kappa shape index (κ1) is 18.7. The quantitative estimate of drug-likeness (QED) is 0.423. The fourth-order valence-corrected chi connectivity index (χ4v) is 3.01. The summed E-state index contributed by atoms with van der Waals surface area (Å²) in [6, 6.07) is 24.4. The molecule has 0 aliphatic rings. The Morgan fingerprint density at radius 1 is 0.852 bits per heavy atom. The van der Waals surface area contributed by atoms with Crippen molar-refractivity contribution < 1.29 is 4.79 Å². The molecular weight excluding hydrogens is 379 g/mol. The van der Waals surface area contributed by atoms with Gasteiger partial charge in [0.05, 0.1) is 15.7 Å². The van der Waals surface area contributed by atoms with Crippen molar-refractivity contribution in [3.8, 4) is 17.2 Å². The van der Waals surface area contributed by atoms with Crippen molar-refractivity contribution in [1.82, 2.24) is 0 Å². The van der Waals surface area contributed by atoms with Gasteiger partial charge in [-0.15, -0.1) is 0 Å². The SMILES string of the molecule is N#CC(=Cc1ccc(-c2ccccc2)cc1)C(=O)Nc1c(Cl)cccc1Cl. The van der Waals surface area contributed by atoms with Crippen LogP contribution in [0.5, 0.6) is 0 Å². The van der Waals surface area contributed by atoms with E-state index in [1.807, 2.05) is 60.7 Å². The van der Waals surface area contributed by atoms with E-state index in [2.05, 4.69) is 5.32 Å².